The zero-order valence-electron chi connectivity index (χ0n) is 16.1. The predicted molar refractivity (Wildman–Crippen MR) is 107 cm³/mol. The molecule has 0 aliphatic carbocycles. The molecular weight excluding hydrogens is 340 g/mol. The maximum absolute atomic E-state index is 5.62. The molecule has 0 atom stereocenters. The van der Waals surface area contributed by atoms with Gasteiger partial charge < -0.3 is 20.1 Å². The third-order valence-corrected chi connectivity index (χ3v) is 5.13. The van der Waals surface area contributed by atoms with Crippen molar-refractivity contribution in [2.45, 2.75) is 24.8 Å². The lowest BCUT2D eigenvalue weighted by Gasteiger charge is -2.38. The van der Waals surface area contributed by atoms with Gasteiger partial charge in [0.25, 0.3) is 0 Å². The number of nitrogens with zero attached hydrogens (tertiary/aromatic N) is 2. The highest BCUT2D eigenvalue weighted by atomic mass is 16.5. The van der Waals surface area contributed by atoms with Crippen molar-refractivity contribution in [1.82, 2.24) is 15.6 Å². The Labute approximate surface area is 161 Å². The highest BCUT2D eigenvalue weighted by Gasteiger charge is 2.34. The maximum Gasteiger partial charge on any atom is 0.191 e. The molecule has 6 heteroatoms. The number of aromatic nitrogens is 1. The van der Waals surface area contributed by atoms with Crippen LogP contribution < -0.4 is 15.4 Å². The monoisotopic (exact) mass is 368 g/mol. The number of ether oxygens (including phenoxy) is 2. The Morgan fingerprint density at radius 1 is 1.15 bits per heavy atom. The Morgan fingerprint density at radius 3 is 2.56 bits per heavy atom. The molecule has 144 valence electrons. The van der Waals surface area contributed by atoms with Crippen molar-refractivity contribution >= 4 is 5.96 Å². The van der Waals surface area contributed by atoms with Crippen molar-refractivity contribution in [3.63, 3.8) is 0 Å². The van der Waals surface area contributed by atoms with E-state index >= 15 is 0 Å². The lowest BCUT2D eigenvalue weighted by atomic mass is 9.74. The van der Waals surface area contributed by atoms with Crippen LogP contribution in [0.2, 0.25) is 0 Å². The van der Waals surface area contributed by atoms with E-state index in [0.717, 1.165) is 50.0 Å². The third-order valence-electron chi connectivity index (χ3n) is 5.13. The van der Waals surface area contributed by atoms with Gasteiger partial charge in [0, 0.05) is 38.4 Å². The number of pyridine rings is 1. The molecule has 2 N–H and O–H groups in total. The van der Waals surface area contributed by atoms with Gasteiger partial charge in [-0.15, -0.1) is 0 Å². The number of rotatable bonds is 6. The molecule has 1 aromatic carbocycles. The minimum absolute atomic E-state index is 0.0210. The van der Waals surface area contributed by atoms with Gasteiger partial charge in [0.05, 0.1) is 19.3 Å². The molecule has 0 amide bonds. The summed E-state index contributed by atoms with van der Waals surface area (Å²) < 4.78 is 10.9. The molecule has 2 aromatic rings. The Bertz CT molecular complexity index is 726. The zero-order chi connectivity index (χ0) is 19.0. The first-order chi connectivity index (χ1) is 13.3. The summed E-state index contributed by atoms with van der Waals surface area (Å²) in [5, 5.41) is 6.84. The largest absolute Gasteiger partial charge is 0.497 e. The van der Waals surface area contributed by atoms with Crippen LogP contribution in [0.5, 0.6) is 5.75 Å². The van der Waals surface area contributed by atoms with E-state index in [4.69, 9.17) is 9.47 Å². The molecule has 27 heavy (non-hydrogen) atoms. The number of hydrogen-bond donors (Lipinski definition) is 2. The quantitative estimate of drug-likeness (QED) is 0.606. The number of hydrogen-bond acceptors (Lipinski definition) is 4. The van der Waals surface area contributed by atoms with E-state index in [1.165, 1.54) is 5.56 Å². The molecule has 1 fully saturated rings. The van der Waals surface area contributed by atoms with Crippen LogP contribution in [0.4, 0.5) is 0 Å². The van der Waals surface area contributed by atoms with E-state index in [-0.39, 0.29) is 5.41 Å². The second-order valence-corrected chi connectivity index (χ2v) is 6.72. The van der Waals surface area contributed by atoms with Gasteiger partial charge in [0.1, 0.15) is 5.75 Å². The molecule has 0 saturated carbocycles. The average Bonchev–Trinajstić information content (AvgIpc) is 2.75. The summed E-state index contributed by atoms with van der Waals surface area (Å²) in [7, 11) is 3.48. The summed E-state index contributed by atoms with van der Waals surface area (Å²) in [6.45, 7) is 2.98. The molecule has 0 bridgehead atoms. The summed E-state index contributed by atoms with van der Waals surface area (Å²) in [6, 6.07) is 14.3. The minimum Gasteiger partial charge on any atom is -0.497 e. The second kappa shape index (κ2) is 9.37. The van der Waals surface area contributed by atoms with Crippen molar-refractivity contribution in [3.05, 3.63) is 59.9 Å². The van der Waals surface area contributed by atoms with E-state index in [2.05, 4.69) is 32.7 Å². The molecule has 3 rings (SSSR count). The van der Waals surface area contributed by atoms with Crippen LogP contribution in [-0.4, -0.2) is 44.9 Å². The Balaban J connectivity index is 1.66. The first-order valence-corrected chi connectivity index (χ1v) is 9.32. The van der Waals surface area contributed by atoms with Gasteiger partial charge in [-0.05, 0) is 42.7 Å². The highest BCUT2D eigenvalue weighted by Crippen LogP contribution is 2.35. The SMILES string of the molecule is CN=C(NCc1ccccn1)NCC1(c2ccc(OC)cc2)CCOCC1. The normalized spacial score (nSPS) is 16.6. The summed E-state index contributed by atoms with van der Waals surface area (Å²) >= 11 is 0. The Hall–Kier alpha value is -2.60. The number of nitrogens with one attached hydrogen (secondary N) is 2. The minimum atomic E-state index is 0.0210. The summed E-state index contributed by atoms with van der Waals surface area (Å²) in [4.78, 5) is 8.69. The fourth-order valence-electron chi connectivity index (χ4n) is 3.42. The van der Waals surface area contributed by atoms with Gasteiger partial charge in [-0.25, -0.2) is 0 Å². The van der Waals surface area contributed by atoms with E-state index in [1.807, 2.05) is 30.3 Å². The highest BCUT2D eigenvalue weighted by molar-refractivity contribution is 5.79. The molecule has 1 aliphatic heterocycles. The van der Waals surface area contributed by atoms with Crippen LogP contribution in [0, 0.1) is 0 Å². The van der Waals surface area contributed by atoms with Gasteiger partial charge in [-0.1, -0.05) is 18.2 Å². The molecule has 0 spiro atoms. The molecule has 0 unspecified atom stereocenters. The van der Waals surface area contributed by atoms with Gasteiger partial charge in [-0.2, -0.15) is 0 Å². The van der Waals surface area contributed by atoms with Crippen LogP contribution in [0.25, 0.3) is 0 Å². The third kappa shape index (κ3) is 4.98. The lowest BCUT2D eigenvalue weighted by Crippen LogP contribution is -2.48. The Kier molecular flexibility index (Phi) is 6.65. The lowest BCUT2D eigenvalue weighted by molar-refractivity contribution is 0.0513. The molecular formula is C21H28N4O2. The molecule has 6 nitrogen and oxygen atoms in total. The molecule has 1 saturated heterocycles. The van der Waals surface area contributed by atoms with Crippen molar-refractivity contribution in [2.24, 2.45) is 4.99 Å². The van der Waals surface area contributed by atoms with Gasteiger partial charge >= 0.3 is 0 Å². The van der Waals surface area contributed by atoms with Crippen molar-refractivity contribution < 1.29 is 9.47 Å². The summed E-state index contributed by atoms with van der Waals surface area (Å²) in [5.41, 5.74) is 2.31. The molecule has 0 radical (unpaired) electrons. The first-order valence-electron chi connectivity index (χ1n) is 9.32. The predicted octanol–water partition coefficient (Wildman–Crippen LogP) is 2.50. The smallest absolute Gasteiger partial charge is 0.191 e. The standard InChI is InChI=1S/C21H28N4O2/c1-22-20(24-15-18-5-3-4-12-23-18)25-16-21(10-13-27-14-11-21)17-6-8-19(26-2)9-7-17/h3-9,12H,10-11,13-16H2,1-2H3,(H2,22,24,25). The van der Waals surface area contributed by atoms with Crippen molar-refractivity contribution in [2.75, 3.05) is 33.9 Å². The molecule has 1 aromatic heterocycles. The molecule has 1 aliphatic rings. The van der Waals surface area contributed by atoms with E-state index < -0.39 is 0 Å². The molecule has 2 heterocycles. The van der Waals surface area contributed by atoms with Crippen LogP contribution in [0.3, 0.4) is 0 Å². The Morgan fingerprint density at radius 2 is 1.93 bits per heavy atom. The van der Waals surface area contributed by atoms with Crippen LogP contribution in [0.15, 0.2) is 53.7 Å². The maximum atomic E-state index is 5.62. The summed E-state index contributed by atoms with van der Waals surface area (Å²) in [6.07, 6.45) is 3.75. The van der Waals surface area contributed by atoms with Gasteiger partial charge in [0.15, 0.2) is 5.96 Å². The van der Waals surface area contributed by atoms with Gasteiger partial charge in [-0.3, -0.25) is 9.98 Å². The second-order valence-electron chi connectivity index (χ2n) is 6.72. The van der Waals surface area contributed by atoms with Gasteiger partial charge in [0.2, 0.25) is 0 Å². The number of guanidine groups is 1. The van der Waals surface area contributed by atoms with Crippen molar-refractivity contribution in [3.8, 4) is 5.75 Å². The van der Waals surface area contributed by atoms with Crippen LogP contribution in [-0.2, 0) is 16.7 Å². The van der Waals surface area contributed by atoms with E-state index in [0.29, 0.717) is 6.54 Å². The fourth-order valence-corrected chi connectivity index (χ4v) is 3.42. The topological polar surface area (TPSA) is 67.8 Å². The summed E-state index contributed by atoms with van der Waals surface area (Å²) in [5.74, 6) is 1.65. The fraction of sp³-hybridized carbons (Fsp3) is 0.429. The number of benzene rings is 1. The van der Waals surface area contributed by atoms with Crippen molar-refractivity contribution in [1.29, 1.82) is 0 Å². The zero-order valence-corrected chi connectivity index (χ0v) is 16.1. The average molecular weight is 368 g/mol. The van der Waals surface area contributed by atoms with Crippen LogP contribution >= 0.6 is 0 Å². The first kappa shape index (κ1) is 19.2. The number of aliphatic imine (C=N–C) groups is 1. The van der Waals surface area contributed by atoms with Crippen LogP contribution in [0.1, 0.15) is 24.1 Å². The van der Waals surface area contributed by atoms with E-state index in [1.54, 1.807) is 20.4 Å². The number of methoxy groups -OCH3 is 1. The van der Waals surface area contributed by atoms with E-state index in [9.17, 15) is 0 Å².